The summed E-state index contributed by atoms with van der Waals surface area (Å²) >= 11 is 0. The number of pyridine rings is 1. The molecule has 0 atom stereocenters. The molecule has 6 heteroatoms. The summed E-state index contributed by atoms with van der Waals surface area (Å²) in [5.41, 5.74) is 2.70. The maximum absolute atomic E-state index is 12.5. The maximum Gasteiger partial charge on any atom is 0.252 e. The summed E-state index contributed by atoms with van der Waals surface area (Å²) in [6, 6.07) is 9.81. The lowest BCUT2D eigenvalue weighted by molar-refractivity contribution is 0.0953. The van der Waals surface area contributed by atoms with Crippen LogP contribution in [0.4, 0.5) is 5.69 Å². The Morgan fingerprint density at radius 1 is 1.19 bits per heavy atom. The van der Waals surface area contributed by atoms with Crippen LogP contribution < -0.4 is 15.0 Å². The Kier molecular flexibility index (Phi) is 6.65. The van der Waals surface area contributed by atoms with Crippen molar-refractivity contribution in [2.45, 2.75) is 13.3 Å². The number of carbonyl (C=O) groups excluding carboxylic acids is 1. The summed E-state index contributed by atoms with van der Waals surface area (Å²) in [7, 11) is 1.66. The molecule has 1 N–H and O–H groups in total. The van der Waals surface area contributed by atoms with Gasteiger partial charge in [0, 0.05) is 38.9 Å². The number of para-hydroxylation sites is 1. The lowest BCUT2D eigenvalue weighted by Gasteiger charge is -2.35. The van der Waals surface area contributed by atoms with Gasteiger partial charge < -0.3 is 19.9 Å². The van der Waals surface area contributed by atoms with Crippen LogP contribution >= 0.6 is 0 Å². The Labute approximate surface area is 161 Å². The predicted octanol–water partition coefficient (Wildman–Crippen LogP) is 2.20. The summed E-state index contributed by atoms with van der Waals surface area (Å²) in [4.78, 5) is 21.5. The van der Waals surface area contributed by atoms with E-state index < -0.39 is 0 Å². The molecule has 1 aromatic carbocycles. The van der Waals surface area contributed by atoms with Crippen molar-refractivity contribution in [2.75, 3.05) is 51.3 Å². The molecule has 0 saturated carbocycles. The van der Waals surface area contributed by atoms with Crippen molar-refractivity contribution >= 4 is 11.6 Å². The third-order valence-corrected chi connectivity index (χ3v) is 5.04. The largest absolute Gasteiger partial charge is 0.496 e. The molecule has 144 valence electrons. The van der Waals surface area contributed by atoms with Gasteiger partial charge >= 0.3 is 0 Å². The van der Waals surface area contributed by atoms with Crippen LogP contribution in [0.25, 0.3) is 0 Å². The highest BCUT2D eigenvalue weighted by molar-refractivity contribution is 5.94. The predicted molar refractivity (Wildman–Crippen MR) is 108 cm³/mol. The van der Waals surface area contributed by atoms with E-state index in [0.29, 0.717) is 12.1 Å². The minimum Gasteiger partial charge on any atom is -0.496 e. The molecule has 6 nitrogen and oxygen atoms in total. The van der Waals surface area contributed by atoms with Crippen LogP contribution in [0.3, 0.4) is 0 Å². The van der Waals surface area contributed by atoms with Crippen molar-refractivity contribution in [3.63, 3.8) is 0 Å². The van der Waals surface area contributed by atoms with E-state index in [1.807, 2.05) is 36.5 Å². The molecule has 0 spiro atoms. The SMILES string of the molecule is CCN1CCN(c2cncc(C(=O)NCCc3ccccc3OC)c2)CC1. The van der Waals surface area contributed by atoms with E-state index in [1.165, 1.54) is 0 Å². The number of benzene rings is 1. The Balaban J connectivity index is 1.56. The van der Waals surface area contributed by atoms with Gasteiger partial charge in [-0.05, 0) is 30.7 Å². The van der Waals surface area contributed by atoms with Crippen LogP contribution in [-0.2, 0) is 6.42 Å². The number of nitrogens with zero attached hydrogens (tertiary/aromatic N) is 3. The van der Waals surface area contributed by atoms with E-state index in [9.17, 15) is 4.79 Å². The molecule has 1 aromatic heterocycles. The van der Waals surface area contributed by atoms with Crippen molar-refractivity contribution in [1.82, 2.24) is 15.2 Å². The van der Waals surface area contributed by atoms with Gasteiger partial charge in [0.25, 0.3) is 5.91 Å². The molecular weight excluding hydrogens is 340 g/mol. The van der Waals surface area contributed by atoms with Crippen LogP contribution in [-0.4, -0.2) is 62.2 Å². The quantitative estimate of drug-likeness (QED) is 0.812. The standard InChI is InChI=1S/C21H28N4O2/c1-3-24-10-12-25(13-11-24)19-14-18(15-22-16-19)21(26)23-9-8-17-6-4-5-7-20(17)27-2/h4-7,14-16H,3,8-13H2,1-2H3,(H,23,26). The number of methoxy groups -OCH3 is 1. The zero-order valence-corrected chi connectivity index (χ0v) is 16.1. The van der Waals surface area contributed by atoms with E-state index in [0.717, 1.165) is 56.1 Å². The van der Waals surface area contributed by atoms with Gasteiger partial charge in [0.1, 0.15) is 5.75 Å². The Morgan fingerprint density at radius 2 is 1.96 bits per heavy atom. The minimum atomic E-state index is -0.0913. The second-order valence-corrected chi connectivity index (χ2v) is 6.67. The van der Waals surface area contributed by atoms with Crippen LogP contribution in [0.1, 0.15) is 22.8 Å². The van der Waals surface area contributed by atoms with Crippen LogP contribution in [0.2, 0.25) is 0 Å². The number of anilines is 1. The van der Waals surface area contributed by atoms with Crippen LogP contribution in [0.5, 0.6) is 5.75 Å². The van der Waals surface area contributed by atoms with Gasteiger partial charge in [-0.25, -0.2) is 0 Å². The first-order chi connectivity index (χ1) is 13.2. The molecule has 2 heterocycles. The molecule has 3 rings (SSSR count). The molecule has 27 heavy (non-hydrogen) atoms. The fraction of sp³-hybridized carbons (Fsp3) is 0.429. The second-order valence-electron chi connectivity index (χ2n) is 6.67. The minimum absolute atomic E-state index is 0.0913. The zero-order chi connectivity index (χ0) is 19.1. The van der Waals surface area contributed by atoms with Crippen molar-refractivity contribution in [2.24, 2.45) is 0 Å². The molecule has 1 aliphatic rings. The molecule has 0 unspecified atom stereocenters. The van der Waals surface area contributed by atoms with E-state index in [2.05, 4.69) is 27.0 Å². The maximum atomic E-state index is 12.5. The van der Waals surface area contributed by atoms with Gasteiger partial charge in [-0.15, -0.1) is 0 Å². The first-order valence-electron chi connectivity index (χ1n) is 9.53. The Morgan fingerprint density at radius 3 is 2.70 bits per heavy atom. The molecule has 0 bridgehead atoms. The van der Waals surface area contributed by atoms with Crippen molar-refractivity contribution in [3.05, 3.63) is 53.9 Å². The summed E-state index contributed by atoms with van der Waals surface area (Å²) in [5, 5.41) is 2.98. The average molecular weight is 368 g/mol. The van der Waals surface area contributed by atoms with Gasteiger partial charge in [0.2, 0.25) is 0 Å². The molecule has 1 fully saturated rings. The number of nitrogens with one attached hydrogen (secondary N) is 1. The zero-order valence-electron chi connectivity index (χ0n) is 16.1. The van der Waals surface area contributed by atoms with Gasteiger partial charge in [0.15, 0.2) is 0 Å². The first-order valence-corrected chi connectivity index (χ1v) is 9.53. The number of hydrogen-bond donors (Lipinski definition) is 1. The van der Waals surface area contributed by atoms with Gasteiger partial charge in [-0.1, -0.05) is 25.1 Å². The summed E-state index contributed by atoms with van der Waals surface area (Å²) in [6.07, 6.45) is 4.19. The van der Waals surface area contributed by atoms with Crippen LogP contribution in [0.15, 0.2) is 42.7 Å². The molecule has 0 aliphatic carbocycles. The number of amides is 1. The number of carbonyl (C=O) groups is 1. The third-order valence-electron chi connectivity index (χ3n) is 5.04. The third kappa shape index (κ3) is 4.98. The van der Waals surface area contributed by atoms with Crippen LogP contribution in [0, 0.1) is 0 Å². The first kappa shape index (κ1) is 19.2. The molecule has 0 radical (unpaired) electrons. The number of aromatic nitrogens is 1. The van der Waals surface area contributed by atoms with E-state index in [-0.39, 0.29) is 5.91 Å². The number of ether oxygens (including phenoxy) is 1. The average Bonchev–Trinajstić information content (AvgIpc) is 2.74. The highest BCUT2D eigenvalue weighted by Crippen LogP contribution is 2.18. The smallest absolute Gasteiger partial charge is 0.252 e. The highest BCUT2D eigenvalue weighted by Gasteiger charge is 2.17. The monoisotopic (exact) mass is 368 g/mol. The molecule has 2 aromatic rings. The summed E-state index contributed by atoms with van der Waals surface area (Å²) in [5.74, 6) is 0.757. The summed E-state index contributed by atoms with van der Waals surface area (Å²) in [6.45, 7) is 7.85. The lowest BCUT2D eigenvalue weighted by atomic mass is 10.1. The second kappa shape index (κ2) is 9.37. The number of rotatable bonds is 7. The highest BCUT2D eigenvalue weighted by atomic mass is 16.5. The fourth-order valence-corrected chi connectivity index (χ4v) is 3.37. The molecule has 1 saturated heterocycles. The van der Waals surface area contributed by atoms with Crippen molar-refractivity contribution < 1.29 is 9.53 Å². The topological polar surface area (TPSA) is 57.7 Å². The molecular formula is C21H28N4O2. The van der Waals surface area contributed by atoms with Gasteiger partial charge in [-0.3, -0.25) is 9.78 Å². The fourth-order valence-electron chi connectivity index (χ4n) is 3.37. The van der Waals surface area contributed by atoms with E-state index in [4.69, 9.17) is 4.74 Å². The normalized spacial score (nSPS) is 14.8. The lowest BCUT2D eigenvalue weighted by Crippen LogP contribution is -2.46. The number of hydrogen-bond acceptors (Lipinski definition) is 5. The van der Waals surface area contributed by atoms with Crippen molar-refractivity contribution in [1.29, 1.82) is 0 Å². The number of likely N-dealkylation sites (N-methyl/N-ethyl adjacent to an activating group) is 1. The van der Waals surface area contributed by atoms with Gasteiger partial charge in [-0.2, -0.15) is 0 Å². The van der Waals surface area contributed by atoms with E-state index in [1.54, 1.807) is 13.3 Å². The van der Waals surface area contributed by atoms with Gasteiger partial charge in [0.05, 0.1) is 24.6 Å². The van der Waals surface area contributed by atoms with Crippen molar-refractivity contribution in [3.8, 4) is 5.75 Å². The Bertz CT molecular complexity index is 757. The van der Waals surface area contributed by atoms with E-state index >= 15 is 0 Å². The Hall–Kier alpha value is -2.60. The molecule has 1 amide bonds. The number of piperazine rings is 1. The summed E-state index contributed by atoms with van der Waals surface area (Å²) < 4.78 is 5.35. The molecule has 1 aliphatic heterocycles.